The van der Waals surface area contributed by atoms with Crippen LogP contribution in [0.3, 0.4) is 0 Å². The van der Waals surface area contributed by atoms with Crippen LogP contribution in [-0.4, -0.2) is 31.7 Å². The maximum atomic E-state index is 11.5. The molecule has 17 heavy (non-hydrogen) atoms. The van der Waals surface area contributed by atoms with E-state index in [1.165, 1.54) is 0 Å². The normalized spacial score (nSPS) is 13.1. The van der Waals surface area contributed by atoms with Gasteiger partial charge in [0.05, 0.1) is 12.6 Å². The Morgan fingerprint density at radius 1 is 1.18 bits per heavy atom. The second-order valence-electron chi connectivity index (χ2n) is 5.32. The Morgan fingerprint density at radius 3 is 2.35 bits per heavy atom. The fraction of sp³-hybridized carbons (Fsp3) is 0.923. The zero-order valence-corrected chi connectivity index (χ0v) is 11.7. The van der Waals surface area contributed by atoms with Gasteiger partial charge in [0.25, 0.3) is 0 Å². The molecule has 0 radical (unpaired) electrons. The Morgan fingerprint density at radius 2 is 1.82 bits per heavy atom. The van der Waals surface area contributed by atoms with E-state index < -0.39 is 6.04 Å². The third kappa shape index (κ3) is 10.3. The predicted molar refractivity (Wildman–Crippen MR) is 70.7 cm³/mol. The van der Waals surface area contributed by atoms with Crippen molar-refractivity contribution in [2.75, 3.05) is 19.8 Å². The van der Waals surface area contributed by atoms with E-state index in [2.05, 4.69) is 33.0 Å². The van der Waals surface area contributed by atoms with Gasteiger partial charge < -0.3 is 15.8 Å². The van der Waals surface area contributed by atoms with E-state index in [0.717, 1.165) is 19.4 Å². The molecule has 0 spiro atoms. The van der Waals surface area contributed by atoms with Crippen LogP contribution >= 0.6 is 0 Å². The molecule has 0 saturated carbocycles. The molecule has 0 bridgehead atoms. The van der Waals surface area contributed by atoms with Gasteiger partial charge in [-0.15, -0.1) is 0 Å². The van der Waals surface area contributed by atoms with E-state index in [1.807, 2.05) is 0 Å². The van der Waals surface area contributed by atoms with Crippen molar-refractivity contribution in [2.45, 2.75) is 46.6 Å². The van der Waals surface area contributed by atoms with Crippen molar-refractivity contribution in [3.63, 3.8) is 0 Å². The Balaban J connectivity index is 3.45. The topological polar surface area (TPSA) is 64.3 Å². The molecule has 102 valence electrons. The summed E-state index contributed by atoms with van der Waals surface area (Å²) in [5.41, 5.74) is 5.75. The highest BCUT2D eigenvalue weighted by Crippen LogP contribution is 2.02. The van der Waals surface area contributed by atoms with Crippen LogP contribution in [0.1, 0.15) is 40.5 Å². The lowest BCUT2D eigenvalue weighted by Gasteiger charge is -2.14. The van der Waals surface area contributed by atoms with E-state index >= 15 is 0 Å². The summed E-state index contributed by atoms with van der Waals surface area (Å²) in [5.74, 6) is 1.02. The van der Waals surface area contributed by atoms with Crippen molar-refractivity contribution in [3.8, 4) is 0 Å². The summed E-state index contributed by atoms with van der Waals surface area (Å²) >= 11 is 0. The number of nitrogens with two attached hydrogens (primary N) is 1. The minimum absolute atomic E-state index is 0.0776. The van der Waals surface area contributed by atoms with Gasteiger partial charge in [-0.05, 0) is 24.7 Å². The molecule has 0 heterocycles. The molecule has 0 aromatic rings. The lowest BCUT2D eigenvalue weighted by atomic mass is 10.0. The quantitative estimate of drug-likeness (QED) is 0.605. The highest BCUT2D eigenvalue weighted by molar-refractivity contribution is 5.81. The summed E-state index contributed by atoms with van der Waals surface area (Å²) in [6, 6.07) is -0.398. The standard InChI is InChI=1S/C13H28N2O2/c1-10(2)5-7-17-8-6-15-13(16)12(14)9-11(3)4/h10-12H,5-9,14H2,1-4H3,(H,15,16)/t12-/m1/s1. The third-order valence-corrected chi connectivity index (χ3v) is 2.45. The van der Waals surface area contributed by atoms with Crippen molar-refractivity contribution in [1.82, 2.24) is 5.32 Å². The van der Waals surface area contributed by atoms with Crippen molar-refractivity contribution in [1.29, 1.82) is 0 Å². The molecule has 0 aromatic heterocycles. The number of carbonyl (C=O) groups is 1. The minimum Gasteiger partial charge on any atom is -0.380 e. The first kappa shape index (κ1) is 16.4. The van der Waals surface area contributed by atoms with Crippen LogP contribution in [0.15, 0.2) is 0 Å². The SMILES string of the molecule is CC(C)CCOCCNC(=O)[C@H](N)CC(C)C. The summed E-state index contributed by atoms with van der Waals surface area (Å²) in [7, 11) is 0. The summed E-state index contributed by atoms with van der Waals surface area (Å²) in [5, 5.41) is 2.79. The number of hydrogen-bond donors (Lipinski definition) is 2. The van der Waals surface area contributed by atoms with Gasteiger partial charge in [-0.1, -0.05) is 27.7 Å². The van der Waals surface area contributed by atoms with Crippen LogP contribution in [0.25, 0.3) is 0 Å². The summed E-state index contributed by atoms with van der Waals surface area (Å²) < 4.78 is 5.40. The van der Waals surface area contributed by atoms with Gasteiger partial charge in [-0.3, -0.25) is 4.79 Å². The lowest BCUT2D eigenvalue weighted by molar-refractivity contribution is -0.122. The van der Waals surface area contributed by atoms with E-state index in [9.17, 15) is 4.79 Å². The molecule has 0 rings (SSSR count). The van der Waals surface area contributed by atoms with Crippen LogP contribution in [-0.2, 0) is 9.53 Å². The average molecular weight is 244 g/mol. The monoisotopic (exact) mass is 244 g/mol. The van der Waals surface area contributed by atoms with Gasteiger partial charge >= 0.3 is 0 Å². The molecule has 0 aliphatic rings. The Bertz CT molecular complexity index is 206. The van der Waals surface area contributed by atoms with Crippen molar-refractivity contribution >= 4 is 5.91 Å². The molecule has 0 unspecified atom stereocenters. The Kier molecular flexibility index (Phi) is 9.09. The molecular weight excluding hydrogens is 216 g/mol. The van der Waals surface area contributed by atoms with Gasteiger partial charge in [-0.2, -0.15) is 0 Å². The van der Waals surface area contributed by atoms with Crippen LogP contribution in [0.5, 0.6) is 0 Å². The van der Waals surface area contributed by atoms with Crippen molar-refractivity contribution in [2.24, 2.45) is 17.6 Å². The largest absolute Gasteiger partial charge is 0.380 e. The molecule has 3 N–H and O–H groups in total. The summed E-state index contributed by atoms with van der Waals surface area (Å²) in [6.07, 6.45) is 1.78. The molecule has 1 atom stereocenters. The van der Waals surface area contributed by atoms with Crippen LogP contribution < -0.4 is 11.1 Å². The zero-order valence-electron chi connectivity index (χ0n) is 11.7. The fourth-order valence-electron chi connectivity index (χ4n) is 1.41. The van der Waals surface area contributed by atoms with Gasteiger partial charge in [0.1, 0.15) is 0 Å². The van der Waals surface area contributed by atoms with Crippen molar-refractivity contribution in [3.05, 3.63) is 0 Å². The highest BCUT2D eigenvalue weighted by atomic mass is 16.5. The minimum atomic E-state index is -0.398. The van der Waals surface area contributed by atoms with E-state index in [0.29, 0.717) is 25.0 Å². The van der Waals surface area contributed by atoms with Gasteiger partial charge in [-0.25, -0.2) is 0 Å². The number of amides is 1. The van der Waals surface area contributed by atoms with Crippen LogP contribution in [0, 0.1) is 11.8 Å². The smallest absolute Gasteiger partial charge is 0.237 e. The number of rotatable bonds is 9. The van der Waals surface area contributed by atoms with E-state index in [4.69, 9.17) is 10.5 Å². The van der Waals surface area contributed by atoms with Gasteiger partial charge in [0.2, 0.25) is 5.91 Å². The first-order valence-electron chi connectivity index (χ1n) is 6.54. The van der Waals surface area contributed by atoms with Crippen molar-refractivity contribution < 1.29 is 9.53 Å². The molecule has 0 saturated heterocycles. The van der Waals surface area contributed by atoms with Gasteiger partial charge in [0.15, 0.2) is 0 Å². The Labute approximate surface area is 105 Å². The molecular formula is C13H28N2O2. The second kappa shape index (κ2) is 9.42. The molecule has 1 amide bonds. The van der Waals surface area contributed by atoms with Crippen LogP contribution in [0.4, 0.5) is 0 Å². The zero-order chi connectivity index (χ0) is 13.3. The first-order chi connectivity index (χ1) is 7.93. The van der Waals surface area contributed by atoms with E-state index in [1.54, 1.807) is 0 Å². The Hall–Kier alpha value is -0.610. The second-order valence-corrected chi connectivity index (χ2v) is 5.32. The molecule has 0 aliphatic heterocycles. The lowest BCUT2D eigenvalue weighted by Crippen LogP contribution is -2.42. The summed E-state index contributed by atoms with van der Waals surface area (Å²) in [4.78, 5) is 11.5. The predicted octanol–water partition coefficient (Wildman–Crippen LogP) is 1.54. The number of hydrogen-bond acceptors (Lipinski definition) is 3. The number of carbonyl (C=O) groups excluding carboxylic acids is 1. The molecule has 0 aliphatic carbocycles. The molecule has 0 fully saturated rings. The average Bonchev–Trinajstić information content (AvgIpc) is 2.21. The molecule has 0 aromatic carbocycles. The summed E-state index contributed by atoms with van der Waals surface area (Å²) in [6.45, 7) is 10.3. The third-order valence-electron chi connectivity index (χ3n) is 2.45. The number of nitrogens with one attached hydrogen (secondary N) is 1. The molecule has 4 heteroatoms. The highest BCUT2D eigenvalue weighted by Gasteiger charge is 2.13. The van der Waals surface area contributed by atoms with E-state index in [-0.39, 0.29) is 5.91 Å². The first-order valence-corrected chi connectivity index (χ1v) is 6.54. The van der Waals surface area contributed by atoms with Crippen LogP contribution in [0.2, 0.25) is 0 Å². The number of ether oxygens (including phenoxy) is 1. The van der Waals surface area contributed by atoms with Gasteiger partial charge in [0, 0.05) is 13.2 Å². The maximum absolute atomic E-state index is 11.5. The maximum Gasteiger partial charge on any atom is 0.237 e. The molecule has 4 nitrogen and oxygen atoms in total. The fourth-order valence-corrected chi connectivity index (χ4v) is 1.41.